The molecule has 2 aromatic heterocycles. The van der Waals surface area contributed by atoms with Gasteiger partial charge in [0.15, 0.2) is 0 Å². The van der Waals surface area contributed by atoms with Crippen molar-refractivity contribution in [2.75, 3.05) is 45.7 Å². The zero-order valence-corrected chi connectivity index (χ0v) is 17.8. The van der Waals surface area contributed by atoms with Gasteiger partial charge in [-0.05, 0) is 29.7 Å². The van der Waals surface area contributed by atoms with Crippen molar-refractivity contribution < 1.29 is 4.79 Å². The summed E-state index contributed by atoms with van der Waals surface area (Å²) in [5.41, 5.74) is 8.53. The van der Waals surface area contributed by atoms with Crippen molar-refractivity contribution in [1.82, 2.24) is 19.8 Å². The summed E-state index contributed by atoms with van der Waals surface area (Å²) < 4.78 is 0. The number of carbonyl (C=O) groups is 1. The van der Waals surface area contributed by atoms with Crippen molar-refractivity contribution in [1.29, 1.82) is 0 Å². The second-order valence-electron chi connectivity index (χ2n) is 8.44. The molecule has 0 aliphatic carbocycles. The van der Waals surface area contributed by atoms with E-state index in [9.17, 15) is 4.79 Å². The number of amides is 1. The van der Waals surface area contributed by atoms with E-state index in [1.165, 1.54) is 39.0 Å². The van der Waals surface area contributed by atoms with Crippen molar-refractivity contribution in [3.63, 3.8) is 0 Å². The van der Waals surface area contributed by atoms with Crippen LogP contribution in [0.15, 0.2) is 42.6 Å². The number of para-hydroxylation sites is 1. The average Bonchev–Trinajstić information content (AvgIpc) is 3.06. The van der Waals surface area contributed by atoms with Crippen LogP contribution >= 0.6 is 0 Å². The van der Waals surface area contributed by atoms with E-state index in [0.29, 0.717) is 6.54 Å². The fourth-order valence-electron chi connectivity index (χ4n) is 4.61. The van der Waals surface area contributed by atoms with Gasteiger partial charge in [-0.25, -0.2) is 4.98 Å². The Morgan fingerprint density at radius 1 is 1.20 bits per heavy atom. The maximum atomic E-state index is 12.1. The molecule has 0 unspecified atom stereocenters. The number of rotatable bonds is 3. The largest absolute Gasteiger partial charge is 0.370 e. The first-order valence-electron chi connectivity index (χ1n) is 10.4. The van der Waals surface area contributed by atoms with E-state index >= 15 is 0 Å². The summed E-state index contributed by atoms with van der Waals surface area (Å²) in [5.74, 6) is 0.150. The van der Waals surface area contributed by atoms with E-state index in [1.54, 1.807) is 4.90 Å². The highest BCUT2D eigenvalue weighted by atomic mass is 16.2. The van der Waals surface area contributed by atoms with E-state index in [1.807, 2.05) is 20.3 Å². The topological polar surface area (TPSA) is 55.5 Å². The molecule has 154 valence electrons. The number of aromatic amines is 1. The summed E-state index contributed by atoms with van der Waals surface area (Å²) in [6.45, 7) is 2.99. The molecule has 3 aromatic rings. The summed E-state index contributed by atoms with van der Waals surface area (Å²) in [5, 5.41) is 1.23. The van der Waals surface area contributed by atoms with Crippen LogP contribution in [-0.2, 0) is 11.3 Å². The highest BCUT2D eigenvalue weighted by molar-refractivity contribution is 6.02. The summed E-state index contributed by atoms with van der Waals surface area (Å²) in [4.78, 5) is 26.5. The molecule has 30 heavy (non-hydrogen) atoms. The Bertz CT molecular complexity index is 1160. The molecule has 1 aromatic carbocycles. The van der Waals surface area contributed by atoms with E-state index in [2.05, 4.69) is 63.2 Å². The Balaban J connectivity index is 1.54. The molecule has 1 amide bonds. The van der Waals surface area contributed by atoms with Crippen LogP contribution in [0, 0.1) is 0 Å². The van der Waals surface area contributed by atoms with Gasteiger partial charge < -0.3 is 14.8 Å². The maximum absolute atomic E-state index is 12.1. The van der Waals surface area contributed by atoms with Crippen molar-refractivity contribution in [3.8, 4) is 11.1 Å². The number of likely N-dealkylation sites (N-methyl/N-ethyl adjacent to an activating group) is 1. The van der Waals surface area contributed by atoms with Crippen LogP contribution in [0.25, 0.3) is 27.7 Å². The van der Waals surface area contributed by atoms with Crippen molar-refractivity contribution in [2.24, 2.45) is 0 Å². The first-order valence-corrected chi connectivity index (χ1v) is 10.4. The minimum atomic E-state index is 0.150. The fraction of sp³-hybridized carbons (Fsp3) is 0.333. The number of hydrogen-bond acceptors (Lipinski definition) is 4. The average molecular weight is 402 g/mol. The molecule has 0 fully saturated rings. The number of carbonyl (C=O) groups excluding carboxylic acids is 1. The van der Waals surface area contributed by atoms with Crippen LogP contribution in [0.2, 0.25) is 0 Å². The number of pyridine rings is 1. The van der Waals surface area contributed by atoms with Crippen LogP contribution in [-0.4, -0.2) is 66.5 Å². The molecule has 0 atom stereocenters. The van der Waals surface area contributed by atoms with Crippen molar-refractivity contribution in [3.05, 3.63) is 53.9 Å². The molecule has 4 heterocycles. The van der Waals surface area contributed by atoms with E-state index < -0.39 is 0 Å². The lowest BCUT2D eigenvalue weighted by Crippen LogP contribution is -2.38. The molecule has 6 heteroatoms. The monoisotopic (exact) mass is 401 g/mol. The number of aromatic nitrogens is 2. The lowest BCUT2D eigenvalue weighted by atomic mass is 9.97. The summed E-state index contributed by atoms with van der Waals surface area (Å²) in [6, 6.07) is 10.7. The minimum absolute atomic E-state index is 0.150. The first kappa shape index (κ1) is 18.9. The Kier molecular flexibility index (Phi) is 4.59. The molecule has 0 radical (unpaired) electrons. The molecular weight excluding hydrogens is 374 g/mol. The zero-order valence-electron chi connectivity index (χ0n) is 17.8. The molecule has 1 N–H and O–H groups in total. The predicted molar refractivity (Wildman–Crippen MR) is 121 cm³/mol. The third-order valence-corrected chi connectivity index (χ3v) is 6.27. The smallest absolute Gasteiger partial charge is 0.236 e. The van der Waals surface area contributed by atoms with Gasteiger partial charge in [0.1, 0.15) is 5.65 Å². The van der Waals surface area contributed by atoms with Gasteiger partial charge in [0.05, 0.1) is 6.54 Å². The Morgan fingerprint density at radius 2 is 2.03 bits per heavy atom. The predicted octanol–water partition coefficient (Wildman–Crippen LogP) is 3.36. The van der Waals surface area contributed by atoms with E-state index in [4.69, 9.17) is 0 Å². The number of H-pyrrole nitrogens is 1. The molecule has 0 saturated heterocycles. The molecule has 0 spiro atoms. The first-order chi connectivity index (χ1) is 14.5. The van der Waals surface area contributed by atoms with Gasteiger partial charge in [-0.15, -0.1) is 0 Å². The van der Waals surface area contributed by atoms with Gasteiger partial charge in [-0.1, -0.05) is 24.3 Å². The SMILES string of the molecule is CN(C)C(=O)CN1CC=C(c2[nH]c3nccc4c3c2CN(C)c2ccccc2-4)CC1. The summed E-state index contributed by atoms with van der Waals surface area (Å²) >= 11 is 0. The van der Waals surface area contributed by atoms with Crippen LogP contribution in [0.4, 0.5) is 5.69 Å². The second-order valence-corrected chi connectivity index (χ2v) is 8.44. The van der Waals surface area contributed by atoms with Gasteiger partial charge in [0, 0.05) is 74.9 Å². The number of nitrogens with one attached hydrogen (secondary N) is 1. The standard InChI is InChI=1S/C24H27N5O/c1-27(2)21(30)15-29-12-9-16(10-13-29)23-19-14-28(3)20-7-5-4-6-17(20)18-8-11-25-24(26-23)22(18)19/h4-9,11H,10,12-15H2,1-3H3,(H,25,26). The Hall–Kier alpha value is -3.12. The highest BCUT2D eigenvalue weighted by Crippen LogP contribution is 2.42. The van der Waals surface area contributed by atoms with Gasteiger partial charge >= 0.3 is 0 Å². The fourth-order valence-corrected chi connectivity index (χ4v) is 4.61. The molecule has 2 aliphatic rings. The third kappa shape index (κ3) is 3.08. The van der Waals surface area contributed by atoms with Gasteiger partial charge in [0.25, 0.3) is 0 Å². The second kappa shape index (κ2) is 7.29. The molecule has 0 saturated carbocycles. The number of anilines is 1. The lowest BCUT2D eigenvalue weighted by molar-refractivity contribution is -0.129. The van der Waals surface area contributed by atoms with E-state index in [-0.39, 0.29) is 5.91 Å². The molecule has 2 aliphatic heterocycles. The van der Waals surface area contributed by atoms with Crippen LogP contribution < -0.4 is 4.90 Å². The third-order valence-electron chi connectivity index (χ3n) is 6.27. The van der Waals surface area contributed by atoms with E-state index in [0.717, 1.165) is 31.7 Å². The maximum Gasteiger partial charge on any atom is 0.236 e. The highest BCUT2D eigenvalue weighted by Gasteiger charge is 2.26. The Morgan fingerprint density at radius 3 is 2.80 bits per heavy atom. The number of hydrogen-bond donors (Lipinski definition) is 1. The summed E-state index contributed by atoms with van der Waals surface area (Å²) in [6.07, 6.45) is 5.09. The normalized spacial score (nSPS) is 16.2. The van der Waals surface area contributed by atoms with Crippen LogP contribution in [0.1, 0.15) is 17.7 Å². The Labute approximate surface area is 176 Å². The molecular formula is C24H27N5O. The summed E-state index contributed by atoms with van der Waals surface area (Å²) in [7, 11) is 5.78. The molecule has 6 nitrogen and oxygen atoms in total. The van der Waals surface area contributed by atoms with Crippen LogP contribution in [0.3, 0.4) is 0 Å². The molecule has 0 bridgehead atoms. The van der Waals surface area contributed by atoms with Crippen LogP contribution in [0.5, 0.6) is 0 Å². The minimum Gasteiger partial charge on any atom is -0.370 e. The van der Waals surface area contributed by atoms with Gasteiger partial charge in [-0.2, -0.15) is 0 Å². The van der Waals surface area contributed by atoms with Gasteiger partial charge in [0.2, 0.25) is 5.91 Å². The van der Waals surface area contributed by atoms with Crippen molar-refractivity contribution >= 4 is 28.2 Å². The lowest BCUT2D eigenvalue weighted by Gasteiger charge is -2.27. The zero-order chi connectivity index (χ0) is 20.8. The van der Waals surface area contributed by atoms with Gasteiger partial charge in [-0.3, -0.25) is 9.69 Å². The number of nitrogens with zero attached hydrogens (tertiary/aromatic N) is 4. The number of fused-ring (bicyclic) bond motifs is 2. The van der Waals surface area contributed by atoms with Crippen molar-refractivity contribution in [2.45, 2.75) is 13.0 Å². The quantitative estimate of drug-likeness (QED) is 0.731. The molecule has 5 rings (SSSR count). The number of benzene rings is 1.